The van der Waals surface area contributed by atoms with Crippen LogP contribution in [0.15, 0.2) is 16.6 Å². The average molecular weight is 283 g/mol. The second-order valence-electron chi connectivity index (χ2n) is 4.15. The Kier molecular flexibility index (Phi) is 3.19. The summed E-state index contributed by atoms with van der Waals surface area (Å²) in [5.74, 6) is 0. The predicted octanol–water partition coefficient (Wildman–Crippen LogP) is 2.99. The van der Waals surface area contributed by atoms with Gasteiger partial charge < -0.3 is 5.32 Å². The number of carbonyl (C=O) groups is 1. The van der Waals surface area contributed by atoms with Crippen LogP contribution in [-0.4, -0.2) is 19.1 Å². The molecule has 1 aromatic rings. The molecule has 1 saturated heterocycles. The lowest BCUT2D eigenvalue weighted by atomic mass is 10.1. The van der Waals surface area contributed by atoms with Crippen LogP contribution in [0.4, 0.5) is 10.5 Å². The number of carbonyl (C=O) groups excluding carboxylic acids is 1. The molecule has 1 fully saturated rings. The molecule has 1 aliphatic heterocycles. The molecule has 1 aliphatic rings. The topological polar surface area (TPSA) is 32.3 Å². The van der Waals surface area contributed by atoms with Crippen molar-refractivity contribution in [3.63, 3.8) is 0 Å². The molecule has 1 heterocycles. The highest BCUT2D eigenvalue weighted by Crippen LogP contribution is 2.32. The van der Waals surface area contributed by atoms with Gasteiger partial charge in [0.15, 0.2) is 0 Å². The maximum absolute atomic E-state index is 11.8. The normalized spacial score (nSPS) is 16.2. The van der Waals surface area contributed by atoms with E-state index < -0.39 is 0 Å². The minimum Gasteiger partial charge on any atom is -0.338 e. The van der Waals surface area contributed by atoms with Crippen LogP contribution in [-0.2, 0) is 0 Å². The fourth-order valence-electron chi connectivity index (χ4n) is 2.09. The highest BCUT2D eigenvalue weighted by Gasteiger charge is 2.22. The molecule has 0 aliphatic carbocycles. The van der Waals surface area contributed by atoms with Gasteiger partial charge in [0.1, 0.15) is 0 Å². The Morgan fingerprint density at radius 2 is 2.12 bits per heavy atom. The third kappa shape index (κ3) is 2.07. The van der Waals surface area contributed by atoms with E-state index in [0.717, 1.165) is 35.2 Å². The molecule has 0 spiro atoms. The molecule has 2 rings (SSSR count). The number of benzene rings is 1. The molecule has 1 N–H and O–H groups in total. The van der Waals surface area contributed by atoms with Crippen LogP contribution < -0.4 is 10.2 Å². The Labute approximate surface area is 104 Å². The summed E-state index contributed by atoms with van der Waals surface area (Å²) in [6.07, 6.45) is 0.992. The first-order chi connectivity index (χ1) is 7.59. The van der Waals surface area contributed by atoms with Crippen molar-refractivity contribution >= 4 is 27.6 Å². The van der Waals surface area contributed by atoms with Crippen molar-refractivity contribution in [1.82, 2.24) is 5.32 Å². The Bertz CT molecular complexity index is 408. The van der Waals surface area contributed by atoms with Gasteiger partial charge in [-0.15, -0.1) is 0 Å². The van der Waals surface area contributed by atoms with Crippen LogP contribution in [0, 0.1) is 13.8 Å². The molecule has 0 radical (unpaired) electrons. The molecule has 16 heavy (non-hydrogen) atoms. The van der Waals surface area contributed by atoms with Crippen LogP contribution in [0.2, 0.25) is 0 Å². The van der Waals surface area contributed by atoms with Gasteiger partial charge in [-0.25, -0.2) is 4.79 Å². The first-order valence-corrected chi connectivity index (χ1v) is 6.21. The Morgan fingerprint density at radius 3 is 2.75 bits per heavy atom. The van der Waals surface area contributed by atoms with E-state index >= 15 is 0 Å². The molecule has 2 amide bonds. The zero-order valence-corrected chi connectivity index (χ0v) is 11.1. The van der Waals surface area contributed by atoms with Crippen molar-refractivity contribution in [2.45, 2.75) is 20.3 Å². The Balaban J connectivity index is 2.42. The van der Waals surface area contributed by atoms with Gasteiger partial charge in [0, 0.05) is 17.6 Å². The minimum atomic E-state index is -0.00102. The van der Waals surface area contributed by atoms with Crippen molar-refractivity contribution in [2.24, 2.45) is 0 Å². The van der Waals surface area contributed by atoms with Gasteiger partial charge >= 0.3 is 6.03 Å². The number of nitrogens with one attached hydrogen (secondary N) is 1. The minimum absolute atomic E-state index is 0.00102. The van der Waals surface area contributed by atoms with E-state index in [0.29, 0.717) is 0 Å². The van der Waals surface area contributed by atoms with E-state index in [1.165, 1.54) is 5.56 Å². The lowest BCUT2D eigenvalue weighted by molar-refractivity contribution is 0.243. The van der Waals surface area contributed by atoms with Gasteiger partial charge in [0.05, 0.1) is 5.69 Å². The molecule has 3 nitrogen and oxygen atoms in total. The lowest BCUT2D eigenvalue weighted by Crippen LogP contribution is -2.46. The molecule has 1 aromatic carbocycles. The fourth-order valence-corrected chi connectivity index (χ4v) is 2.98. The number of rotatable bonds is 1. The number of urea groups is 1. The zero-order valence-electron chi connectivity index (χ0n) is 9.51. The highest BCUT2D eigenvalue weighted by atomic mass is 79.9. The first-order valence-electron chi connectivity index (χ1n) is 5.41. The van der Waals surface area contributed by atoms with Crippen LogP contribution in [0.3, 0.4) is 0 Å². The van der Waals surface area contributed by atoms with Gasteiger partial charge in [-0.05, 0) is 53.4 Å². The number of nitrogens with zero attached hydrogens (tertiary/aromatic N) is 1. The van der Waals surface area contributed by atoms with Gasteiger partial charge in [0.25, 0.3) is 0 Å². The molecule has 0 aromatic heterocycles. The molecular formula is C12H15BrN2O. The fraction of sp³-hybridized carbons (Fsp3) is 0.417. The van der Waals surface area contributed by atoms with Crippen molar-refractivity contribution in [1.29, 1.82) is 0 Å². The quantitative estimate of drug-likeness (QED) is 0.844. The van der Waals surface area contributed by atoms with Crippen molar-refractivity contribution in [2.75, 3.05) is 18.0 Å². The van der Waals surface area contributed by atoms with E-state index in [1.807, 2.05) is 17.9 Å². The maximum atomic E-state index is 11.8. The molecule has 0 saturated carbocycles. The molecule has 86 valence electrons. The number of aryl methyl sites for hydroxylation is 2. The molecule has 0 atom stereocenters. The van der Waals surface area contributed by atoms with Crippen LogP contribution >= 0.6 is 15.9 Å². The van der Waals surface area contributed by atoms with Crippen LogP contribution in [0.1, 0.15) is 17.5 Å². The smallest absolute Gasteiger partial charge is 0.321 e. The van der Waals surface area contributed by atoms with Crippen LogP contribution in [0.25, 0.3) is 0 Å². The summed E-state index contributed by atoms with van der Waals surface area (Å²) in [6, 6.07) is 4.14. The summed E-state index contributed by atoms with van der Waals surface area (Å²) in [7, 11) is 0. The van der Waals surface area contributed by atoms with E-state index in [4.69, 9.17) is 0 Å². The van der Waals surface area contributed by atoms with E-state index in [1.54, 1.807) is 0 Å². The largest absolute Gasteiger partial charge is 0.338 e. The maximum Gasteiger partial charge on any atom is 0.321 e. The summed E-state index contributed by atoms with van der Waals surface area (Å²) in [4.78, 5) is 13.6. The predicted molar refractivity (Wildman–Crippen MR) is 69.0 cm³/mol. The summed E-state index contributed by atoms with van der Waals surface area (Å²) in [5, 5.41) is 2.87. The standard InChI is InChI=1S/C12H15BrN2O/c1-8-6-9(2)11(10(13)7-8)15-5-3-4-14-12(15)16/h6-7H,3-5H2,1-2H3,(H,14,16). The monoisotopic (exact) mass is 282 g/mol. The second kappa shape index (κ2) is 4.45. The molecule has 0 unspecified atom stereocenters. The van der Waals surface area contributed by atoms with Crippen LogP contribution in [0.5, 0.6) is 0 Å². The van der Waals surface area contributed by atoms with Gasteiger partial charge in [0.2, 0.25) is 0 Å². The SMILES string of the molecule is Cc1cc(C)c(N2CCCNC2=O)c(Br)c1. The molecule has 4 heteroatoms. The van der Waals surface area contributed by atoms with Crippen molar-refractivity contribution in [3.05, 3.63) is 27.7 Å². The number of hydrogen-bond donors (Lipinski definition) is 1. The number of amides is 2. The number of hydrogen-bond acceptors (Lipinski definition) is 1. The summed E-state index contributed by atoms with van der Waals surface area (Å²) in [6.45, 7) is 5.65. The first kappa shape index (κ1) is 11.5. The Morgan fingerprint density at radius 1 is 1.38 bits per heavy atom. The van der Waals surface area contributed by atoms with Gasteiger partial charge in [-0.2, -0.15) is 0 Å². The number of halogens is 1. The number of anilines is 1. The van der Waals surface area contributed by atoms with Gasteiger partial charge in [-0.3, -0.25) is 4.90 Å². The van der Waals surface area contributed by atoms with E-state index in [9.17, 15) is 4.79 Å². The van der Waals surface area contributed by atoms with E-state index in [2.05, 4.69) is 34.2 Å². The third-order valence-electron chi connectivity index (χ3n) is 2.75. The van der Waals surface area contributed by atoms with Crippen molar-refractivity contribution < 1.29 is 4.79 Å². The van der Waals surface area contributed by atoms with E-state index in [-0.39, 0.29) is 6.03 Å². The second-order valence-corrected chi connectivity index (χ2v) is 5.00. The third-order valence-corrected chi connectivity index (χ3v) is 3.35. The molecule has 0 bridgehead atoms. The van der Waals surface area contributed by atoms with Gasteiger partial charge in [-0.1, -0.05) is 6.07 Å². The summed E-state index contributed by atoms with van der Waals surface area (Å²) in [5.41, 5.74) is 3.32. The average Bonchev–Trinajstić information content (AvgIpc) is 2.19. The lowest BCUT2D eigenvalue weighted by Gasteiger charge is -2.29. The molecular weight excluding hydrogens is 268 g/mol. The Hall–Kier alpha value is -1.03. The zero-order chi connectivity index (χ0) is 11.7. The summed E-state index contributed by atoms with van der Waals surface area (Å²) >= 11 is 3.54. The summed E-state index contributed by atoms with van der Waals surface area (Å²) < 4.78 is 0.988. The highest BCUT2D eigenvalue weighted by molar-refractivity contribution is 9.10. The van der Waals surface area contributed by atoms with Crippen molar-refractivity contribution in [3.8, 4) is 0 Å².